The molecule has 1 N–H and O–H groups in total. The quantitative estimate of drug-likeness (QED) is 0.694. The highest BCUT2D eigenvalue weighted by Gasteiger charge is 2.38. The molecule has 2 aromatic rings. The van der Waals surface area contributed by atoms with E-state index >= 15 is 0 Å². The van der Waals surface area contributed by atoms with Crippen molar-refractivity contribution in [1.82, 2.24) is 5.43 Å². The minimum atomic E-state index is -0.834. The van der Waals surface area contributed by atoms with Gasteiger partial charge in [-0.25, -0.2) is 5.43 Å². The van der Waals surface area contributed by atoms with Crippen molar-refractivity contribution in [3.05, 3.63) is 71.8 Å². The molecule has 0 spiro atoms. The summed E-state index contributed by atoms with van der Waals surface area (Å²) in [6, 6.07) is 19.6. The molecule has 1 aliphatic heterocycles. The molecule has 0 fully saturated rings. The fourth-order valence-electron chi connectivity index (χ4n) is 2.23. The fraction of sp³-hybridized carbons (Fsp3) is 0.167. The van der Waals surface area contributed by atoms with Crippen molar-refractivity contribution in [2.45, 2.75) is 11.8 Å². The van der Waals surface area contributed by atoms with Gasteiger partial charge in [0.15, 0.2) is 4.87 Å². The molecule has 1 atom stereocenters. The molecule has 0 bridgehead atoms. The van der Waals surface area contributed by atoms with Gasteiger partial charge in [0.1, 0.15) is 0 Å². The Kier molecular flexibility index (Phi) is 4.57. The van der Waals surface area contributed by atoms with E-state index in [2.05, 4.69) is 15.5 Å². The number of hydrogen-bond donors (Lipinski definition) is 1. The summed E-state index contributed by atoms with van der Waals surface area (Å²) in [4.78, 5) is 16.2. The molecule has 0 saturated carbocycles. The predicted octanol–water partition coefficient (Wildman–Crippen LogP) is 3.09. The third-order valence-corrected chi connectivity index (χ3v) is 4.80. The van der Waals surface area contributed by atoms with E-state index < -0.39 is 4.87 Å². The molecule has 0 saturated heterocycles. The van der Waals surface area contributed by atoms with Crippen LogP contribution < -0.4 is 5.43 Å². The van der Waals surface area contributed by atoms with Crippen molar-refractivity contribution >= 4 is 29.6 Å². The molecule has 0 aromatic heterocycles. The van der Waals surface area contributed by atoms with Crippen LogP contribution in [0.25, 0.3) is 0 Å². The zero-order chi connectivity index (χ0) is 16.1. The number of carbonyl (C=O) groups excluding carboxylic acids is 1. The lowest BCUT2D eigenvalue weighted by Gasteiger charge is -2.16. The average Bonchev–Trinajstić information content (AvgIpc) is 3.00. The Morgan fingerprint density at radius 1 is 1.17 bits per heavy atom. The number of thioether (sulfide) groups is 1. The van der Waals surface area contributed by atoms with Gasteiger partial charge in [-0.1, -0.05) is 60.7 Å². The van der Waals surface area contributed by atoms with Crippen LogP contribution in [0.15, 0.2) is 70.8 Å². The second-order valence-corrected chi connectivity index (χ2v) is 6.68. The minimum absolute atomic E-state index is 0.208. The first-order valence-corrected chi connectivity index (χ1v) is 8.33. The summed E-state index contributed by atoms with van der Waals surface area (Å²) in [5.74, 6) is 0.511. The Labute approximate surface area is 139 Å². The van der Waals surface area contributed by atoms with E-state index in [0.717, 1.165) is 22.6 Å². The van der Waals surface area contributed by atoms with Gasteiger partial charge in [-0.05, 0) is 18.1 Å². The second kappa shape index (κ2) is 6.79. The summed E-state index contributed by atoms with van der Waals surface area (Å²) < 4.78 is 0. The molecule has 0 aliphatic carbocycles. The van der Waals surface area contributed by atoms with Crippen molar-refractivity contribution in [3.8, 4) is 0 Å². The first kappa shape index (κ1) is 15.5. The van der Waals surface area contributed by atoms with Crippen LogP contribution in [-0.2, 0) is 4.79 Å². The molecule has 1 aliphatic rings. The van der Waals surface area contributed by atoms with Crippen molar-refractivity contribution in [3.63, 3.8) is 0 Å². The van der Waals surface area contributed by atoms with Gasteiger partial charge in [-0.2, -0.15) is 5.10 Å². The van der Waals surface area contributed by atoms with Crippen molar-refractivity contribution < 1.29 is 4.79 Å². The number of aliphatic imine (C=N–C) groups is 1. The summed E-state index contributed by atoms with van der Waals surface area (Å²) >= 11 is 1.51. The lowest BCUT2D eigenvalue weighted by atomic mass is 10.1. The van der Waals surface area contributed by atoms with Gasteiger partial charge in [0, 0.05) is 5.75 Å². The third-order valence-electron chi connectivity index (χ3n) is 3.55. The van der Waals surface area contributed by atoms with Gasteiger partial charge < -0.3 is 0 Å². The molecule has 23 heavy (non-hydrogen) atoms. The summed E-state index contributed by atoms with van der Waals surface area (Å²) in [6.07, 6.45) is 1.63. The number of carbonyl (C=O) groups is 1. The number of amides is 1. The van der Waals surface area contributed by atoms with Crippen molar-refractivity contribution in [2.24, 2.45) is 10.1 Å². The fourth-order valence-corrected chi connectivity index (χ4v) is 3.23. The highest BCUT2D eigenvalue weighted by Crippen LogP contribution is 2.34. The SMILES string of the molecule is CC1(C(=O)N/N=C/c2ccccc2)N=C(c2ccccc2)CS1. The lowest BCUT2D eigenvalue weighted by molar-refractivity contribution is -0.122. The van der Waals surface area contributed by atoms with Crippen LogP contribution in [0.3, 0.4) is 0 Å². The molecular weight excluding hydrogens is 306 g/mol. The lowest BCUT2D eigenvalue weighted by Crippen LogP contribution is -2.36. The van der Waals surface area contributed by atoms with Gasteiger partial charge in [0.2, 0.25) is 0 Å². The molecule has 1 heterocycles. The predicted molar refractivity (Wildman–Crippen MR) is 96.0 cm³/mol. The van der Waals surface area contributed by atoms with Crippen molar-refractivity contribution in [1.29, 1.82) is 0 Å². The van der Waals surface area contributed by atoms with Crippen molar-refractivity contribution in [2.75, 3.05) is 5.75 Å². The normalized spacial score (nSPS) is 20.5. The maximum Gasteiger partial charge on any atom is 0.278 e. The van der Waals surface area contributed by atoms with Gasteiger partial charge in [-0.3, -0.25) is 9.79 Å². The van der Waals surface area contributed by atoms with Crippen LogP contribution in [0.4, 0.5) is 0 Å². The van der Waals surface area contributed by atoms with E-state index in [1.165, 1.54) is 11.8 Å². The number of hydrogen-bond acceptors (Lipinski definition) is 4. The van der Waals surface area contributed by atoms with Gasteiger partial charge in [-0.15, -0.1) is 11.8 Å². The van der Waals surface area contributed by atoms with E-state index in [-0.39, 0.29) is 5.91 Å². The first-order valence-electron chi connectivity index (χ1n) is 7.34. The van der Waals surface area contributed by atoms with Crippen LogP contribution >= 0.6 is 11.8 Å². The molecule has 116 valence electrons. The number of benzene rings is 2. The average molecular weight is 323 g/mol. The Bertz CT molecular complexity index is 743. The van der Waals surface area contributed by atoms with E-state index in [1.54, 1.807) is 6.21 Å². The number of rotatable bonds is 4. The molecular formula is C18H17N3OS. The molecule has 5 heteroatoms. The monoisotopic (exact) mass is 323 g/mol. The van der Waals surface area contributed by atoms with Crippen LogP contribution in [0.2, 0.25) is 0 Å². The second-order valence-electron chi connectivity index (χ2n) is 5.31. The highest BCUT2D eigenvalue weighted by atomic mass is 32.2. The van der Waals surface area contributed by atoms with E-state index in [4.69, 9.17) is 0 Å². The van der Waals surface area contributed by atoms with Crippen LogP contribution in [0, 0.1) is 0 Å². The van der Waals surface area contributed by atoms with Crippen LogP contribution in [0.1, 0.15) is 18.1 Å². The smallest absolute Gasteiger partial charge is 0.269 e. The Morgan fingerprint density at radius 2 is 1.83 bits per heavy atom. The molecule has 1 amide bonds. The summed E-state index contributed by atoms with van der Waals surface area (Å²) in [5, 5.41) is 4.02. The van der Waals surface area contributed by atoms with E-state index in [9.17, 15) is 4.79 Å². The maximum atomic E-state index is 12.4. The highest BCUT2D eigenvalue weighted by molar-refractivity contribution is 8.02. The number of hydrazone groups is 1. The Balaban J connectivity index is 1.68. The number of nitrogens with one attached hydrogen (secondary N) is 1. The zero-order valence-electron chi connectivity index (χ0n) is 12.8. The van der Waals surface area contributed by atoms with Gasteiger partial charge >= 0.3 is 0 Å². The van der Waals surface area contributed by atoms with E-state index in [1.807, 2.05) is 67.6 Å². The summed E-state index contributed by atoms with van der Waals surface area (Å²) in [7, 11) is 0. The van der Waals surface area contributed by atoms with Gasteiger partial charge in [0.25, 0.3) is 5.91 Å². The molecule has 2 aromatic carbocycles. The minimum Gasteiger partial charge on any atom is -0.269 e. The summed E-state index contributed by atoms with van der Waals surface area (Å²) in [6.45, 7) is 1.82. The first-order chi connectivity index (χ1) is 11.2. The number of nitrogens with zero attached hydrogens (tertiary/aromatic N) is 2. The molecule has 3 rings (SSSR count). The topological polar surface area (TPSA) is 53.8 Å². The molecule has 4 nitrogen and oxygen atoms in total. The third kappa shape index (κ3) is 3.68. The van der Waals surface area contributed by atoms with Crippen LogP contribution in [0.5, 0.6) is 0 Å². The van der Waals surface area contributed by atoms with E-state index in [0.29, 0.717) is 0 Å². The Hall–Kier alpha value is -2.40. The standard InChI is InChI=1S/C18H17N3OS/c1-18(17(22)21-19-12-14-8-4-2-5-9-14)20-16(13-23-18)15-10-6-3-7-11-15/h2-12H,13H2,1H3,(H,21,22)/b19-12+. The summed E-state index contributed by atoms with van der Waals surface area (Å²) in [5.41, 5.74) is 5.53. The maximum absolute atomic E-state index is 12.4. The Morgan fingerprint density at radius 3 is 2.52 bits per heavy atom. The van der Waals surface area contributed by atoms with Crippen LogP contribution in [-0.4, -0.2) is 28.5 Å². The molecule has 1 unspecified atom stereocenters. The largest absolute Gasteiger partial charge is 0.278 e. The van der Waals surface area contributed by atoms with Gasteiger partial charge in [0.05, 0.1) is 11.9 Å². The molecule has 0 radical (unpaired) electrons. The zero-order valence-corrected chi connectivity index (χ0v) is 13.6.